The van der Waals surface area contributed by atoms with Crippen molar-refractivity contribution in [1.29, 1.82) is 0 Å². The number of hydrogen-bond donors (Lipinski definition) is 1. The van der Waals surface area contributed by atoms with Gasteiger partial charge in [-0.05, 0) is 13.3 Å². The summed E-state index contributed by atoms with van der Waals surface area (Å²) in [5.41, 5.74) is 0. The number of anilines is 1. The van der Waals surface area contributed by atoms with Gasteiger partial charge in [-0.15, -0.1) is 10.2 Å². The van der Waals surface area contributed by atoms with Crippen LogP contribution < -0.4 is 5.32 Å². The van der Waals surface area contributed by atoms with Gasteiger partial charge in [0.25, 0.3) is 0 Å². The van der Waals surface area contributed by atoms with Crippen LogP contribution in [0.15, 0.2) is 0 Å². The molecule has 0 spiro atoms. The molecule has 3 nitrogen and oxygen atoms in total. The lowest BCUT2D eigenvalue weighted by molar-refractivity contribution is 0.121. The number of hydrogen-bond acceptors (Lipinski definition) is 4. The smallest absolute Gasteiger partial charge is 0.243 e. The normalized spacial score (nSPS) is 26.5. The summed E-state index contributed by atoms with van der Waals surface area (Å²) < 4.78 is 24.2. The number of alkyl halides is 2. The van der Waals surface area contributed by atoms with Crippen LogP contribution in [0.3, 0.4) is 0 Å². The van der Waals surface area contributed by atoms with E-state index in [0.29, 0.717) is 11.6 Å². The van der Waals surface area contributed by atoms with Crippen LogP contribution in [-0.2, 0) is 0 Å². The van der Waals surface area contributed by atoms with Crippen molar-refractivity contribution in [2.24, 2.45) is 5.92 Å². The molecular weight excluding hydrogens is 196 g/mol. The van der Waals surface area contributed by atoms with Gasteiger partial charge in [0, 0.05) is 12.0 Å². The zero-order valence-corrected chi connectivity index (χ0v) is 7.81. The molecule has 1 saturated carbocycles. The third-order valence-electron chi connectivity index (χ3n) is 2.00. The van der Waals surface area contributed by atoms with Gasteiger partial charge in [0.2, 0.25) is 11.6 Å². The second-order valence-corrected chi connectivity index (χ2v) is 4.29. The fourth-order valence-electron chi connectivity index (χ4n) is 1.17. The maximum atomic E-state index is 12.1. The molecule has 2 atom stereocenters. The monoisotopic (exact) mass is 205 g/mol. The average molecular weight is 205 g/mol. The van der Waals surface area contributed by atoms with Crippen molar-refractivity contribution in [2.75, 3.05) is 5.32 Å². The van der Waals surface area contributed by atoms with Crippen LogP contribution in [0.1, 0.15) is 11.4 Å². The molecule has 72 valence electrons. The van der Waals surface area contributed by atoms with E-state index in [0.717, 1.165) is 5.01 Å². The zero-order valence-electron chi connectivity index (χ0n) is 7.00. The molecule has 1 fully saturated rings. The third-order valence-corrected chi connectivity index (χ3v) is 2.77. The Hall–Kier alpha value is -0.780. The van der Waals surface area contributed by atoms with Crippen LogP contribution in [0.2, 0.25) is 0 Å². The Kier molecular flexibility index (Phi) is 2.15. The van der Waals surface area contributed by atoms with E-state index in [1.807, 2.05) is 6.92 Å². The minimum atomic E-state index is -2.22. The molecule has 1 aromatic heterocycles. The molecule has 1 aromatic rings. The van der Waals surface area contributed by atoms with E-state index < -0.39 is 12.3 Å². The third kappa shape index (κ3) is 1.93. The predicted octanol–water partition coefficient (Wildman–Crippen LogP) is 1.91. The maximum Gasteiger partial charge on any atom is 0.243 e. The highest BCUT2D eigenvalue weighted by molar-refractivity contribution is 7.15. The van der Waals surface area contributed by atoms with Crippen molar-refractivity contribution < 1.29 is 8.78 Å². The highest BCUT2D eigenvalue weighted by Crippen LogP contribution is 2.38. The molecule has 0 amide bonds. The highest BCUT2D eigenvalue weighted by atomic mass is 32.1. The van der Waals surface area contributed by atoms with Crippen molar-refractivity contribution in [3.05, 3.63) is 5.01 Å². The molecule has 1 aliphatic rings. The number of rotatable bonds is 3. The quantitative estimate of drug-likeness (QED) is 0.819. The van der Waals surface area contributed by atoms with Crippen LogP contribution in [0.5, 0.6) is 0 Å². The Morgan fingerprint density at radius 1 is 1.54 bits per heavy atom. The first-order chi connectivity index (χ1) is 6.16. The number of nitrogens with zero attached hydrogens (tertiary/aromatic N) is 2. The van der Waals surface area contributed by atoms with Crippen LogP contribution in [-0.4, -0.2) is 22.7 Å². The lowest BCUT2D eigenvalue weighted by Gasteiger charge is -1.98. The number of nitrogens with one attached hydrogen (secondary N) is 1. The summed E-state index contributed by atoms with van der Waals surface area (Å²) in [6, 6.07) is -0.104. The second-order valence-electron chi connectivity index (χ2n) is 3.11. The predicted molar refractivity (Wildman–Crippen MR) is 46.2 cm³/mol. The molecule has 1 heterocycles. The van der Waals surface area contributed by atoms with Gasteiger partial charge in [-0.2, -0.15) is 0 Å². The van der Waals surface area contributed by atoms with Crippen molar-refractivity contribution >= 4 is 16.5 Å². The van der Waals surface area contributed by atoms with Crippen LogP contribution in [0.25, 0.3) is 0 Å². The Morgan fingerprint density at radius 2 is 2.31 bits per heavy atom. The van der Waals surface area contributed by atoms with Crippen molar-refractivity contribution in [3.8, 4) is 0 Å². The van der Waals surface area contributed by atoms with E-state index in [1.54, 1.807) is 0 Å². The molecule has 0 bridgehead atoms. The molecule has 0 aliphatic heterocycles. The Labute approximate surface area is 78.2 Å². The summed E-state index contributed by atoms with van der Waals surface area (Å²) in [7, 11) is 0. The summed E-state index contributed by atoms with van der Waals surface area (Å²) >= 11 is 1.39. The molecule has 0 aromatic carbocycles. The number of halogens is 2. The standard InChI is InChI=1S/C7H9F2N3S/c1-3-11-12-7(13-3)10-5-2-4(5)6(8)9/h4-6H,2H2,1H3,(H,10,12)/t4-,5-/m0/s1. The van der Waals surface area contributed by atoms with Crippen LogP contribution in [0, 0.1) is 12.8 Å². The van der Waals surface area contributed by atoms with E-state index in [9.17, 15) is 8.78 Å². The average Bonchev–Trinajstić information content (AvgIpc) is 2.69. The molecular formula is C7H9F2N3S. The molecule has 0 unspecified atom stereocenters. The van der Waals surface area contributed by atoms with Gasteiger partial charge in [0.15, 0.2) is 0 Å². The van der Waals surface area contributed by atoms with E-state index >= 15 is 0 Å². The van der Waals surface area contributed by atoms with Gasteiger partial charge in [-0.1, -0.05) is 11.3 Å². The summed E-state index contributed by atoms with van der Waals surface area (Å²) in [6.07, 6.45) is -1.68. The number of aromatic nitrogens is 2. The van der Waals surface area contributed by atoms with Gasteiger partial charge in [-0.3, -0.25) is 0 Å². The molecule has 2 rings (SSSR count). The van der Waals surface area contributed by atoms with E-state index in [-0.39, 0.29) is 6.04 Å². The van der Waals surface area contributed by atoms with Gasteiger partial charge >= 0.3 is 0 Å². The minimum absolute atomic E-state index is 0.104. The minimum Gasteiger partial charge on any atom is -0.357 e. The summed E-state index contributed by atoms with van der Waals surface area (Å²) in [5, 5.41) is 12.0. The fraction of sp³-hybridized carbons (Fsp3) is 0.714. The molecule has 0 radical (unpaired) electrons. The molecule has 1 N–H and O–H groups in total. The SMILES string of the molecule is Cc1nnc(N[C@H]2C[C@@H]2C(F)F)s1. The summed E-state index contributed by atoms with van der Waals surface area (Å²) in [6.45, 7) is 1.83. The lowest BCUT2D eigenvalue weighted by atomic mass is 10.4. The zero-order chi connectivity index (χ0) is 9.42. The van der Waals surface area contributed by atoms with E-state index in [4.69, 9.17) is 0 Å². The second kappa shape index (κ2) is 3.17. The Balaban J connectivity index is 1.88. The Morgan fingerprint density at radius 3 is 2.77 bits per heavy atom. The van der Waals surface area contributed by atoms with Gasteiger partial charge in [0.05, 0.1) is 0 Å². The van der Waals surface area contributed by atoms with Crippen LogP contribution >= 0.6 is 11.3 Å². The molecule has 13 heavy (non-hydrogen) atoms. The van der Waals surface area contributed by atoms with Gasteiger partial charge in [0.1, 0.15) is 5.01 Å². The first kappa shape index (κ1) is 8.80. The Bertz CT molecular complexity index is 302. The van der Waals surface area contributed by atoms with Crippen LogP contribution in [0.4, 0.5) is 13.9 Å². The summed E-state index contributed by atoms with van der Waals surface area (Å²) in [5.74, 6) is -0.496. The van der Waals surface area contributed by atoms with Crippen molar-refractivity contribution in [3.63, 3.8) is 0 Å². The first-order valence-corrected chi connectivity index (χ1v) is 4.83. The molecule has 6 heteroatoms. The number of aryl methyl sites for hydroxylation is 1. The first-order valence-electron chi connectivity index (χ1n) is 4.01. The highest BCUT2D eigenvalue weighted by Gasteiger charge is 2.44. The summed E-state index contributed by atoms with van der Waals surface area (Å²) in [4.78, 5) is 0. The van der Waals surface area contributed by atoms with Gasteiger partial charge in [-0.25, -0.2) is 8.78 Å². The lowest BCUT2D eigenvalue weighted by Crippen LogP contribution is -2.08. The maximum absolute atomic E-state index is 12.1. The molecule has 1 aliphatic carbocycles. The van der Waals surface area contributed by atoms with Gasteiger partial charge < -0.3 is 5.32 Å². The van der Waals surface area contributed by atoms with Crippen molar-refractivity contribution in [1.82, 2.24) is 10.2 Å². The van der Waals surface area contributed by atoms with E-state index in [1.165, 1.54) is 11.3 Å². The topological polar surface area (TPSA) is 37.8 Å². The molecule has 0 saturated heterocycles. The van der Waals surface area contributed by atoms with Crippen molar-refractivity contribution in [2.45, 2.75) is 25.8 Å². The fourth-order valence-corrected chi connectivity index (χ4v) is 1.83. The largest absolute Gasteiger partial charge is 0.357 e. The van der Waals surface area contributed by atoms with E-state index in [2.05, 4.69) is 15.5 Å².